The van der Waals surface area contributed by atoms with Crippen LogP contribution in [0, 0.1) is 5.82 Å². The minimum Gasteiger partial charge on any atom is -0.308 e. The molecule has 1 aromatic rings. The molecule has 0 unspecified atom stereocenters. The maximum absolute atomic E-state index is 13.6. The highest BCUT2D eigenvalue weighted by molar-refractivity contribution is 9.09. The minimum absolute atomic E-state index is 0.0213. The van der Waals surface area contributed by atoms with E-state index in [4.69, 9.17) is 0 Å². The van der Waals surface area contributed by atoms with Crippen molar-refractivity contribution in [3.05, 3.63) is 23.6 Å². The van der Waals surface area contributed by atoms with Crippen molar-refractivity contribution in [2.24, 2.45) is 0 Å². The smallest absolute Gasteiger partial charge is 0.222 e. The number of pyridine rings is 1. The van der Waals surface area contributed by atoms with E-state index >= 15 is 0 Å². The summed E-state index contributed by atoms with van der Waals surface area (Å²) >= 11 is 2.94. The Morgan fingerprint density at radius 3 is 2.80 bits per heavy atom. The number of amides is 1. The van der Waals surface area contributed by atoms with Gasteiger partial charge < -0.3 is 5.32 Å². The van der Waals surface area contributed by atoms with E-state index in [0.717, 1.165) is 0 Å². The lowest BCUT2D eigenvalue weighted by atomic mass is 10.2. The Labute approximate surface area is 94.0 Å². The van der Waals surface area contributed by atoms with E-state index in [0.29, 0.717) is 0 Å². The number of nitrogens with zero attached hydrogens (tertiary/aromatic N) is 1. The highest BCUT2D eigenvalue weighted by atomic mass is 79.9. The second-order valence-electron chi connectivity index (χ2n) is 2.76. The summed E-state index contributed by atoms with van der Waals surface area (Å²) in [6, 6.07) is 1.27. The van der Waals surface area contributed by atoms with E-state index in [2.05, 4.69) is 26.2 Å². The van der Waals surface area contributed by atoms with Crippen molar-refractivity contribution in [2.75, 3.05) is 10.6 Å². The predicted molar refractivity (Wildman–Crippen MR) is 56.6 cm³/mol. The molecule has 0 aliphatic carbocycles. The number of Topliss-reactive ketones (excluding diaryl/α,β-unsaturated/α-hetero) is 1. The fourth-order valence-corrected chi connectivity index (χ4v) is 1.29. The number of halogens is 2. The highest BCUT2D eigenvalue weighted by Gasteiger charge is 2.15. The average Bonchev–Trinajstić information content (AvgIpc) is 2.19. The number of hydrogen-bond acceptors (Lipinski definition) is 3. The maximum atomic E-state index is 13.6. The van der Waals surface area contributed by atoms with Gasteiger partial charge in [0.15, 0.2) is 17.4 Å². The van der Waals surface area contributed by atoms with Crippen LogP contribution in [-0.2, 0) is 4.79 Å². The summed E-state index contributed by atoms with van der Waals surface area (Å²) in [4.78, 5) is 25.6. The van der Waals surface area contributed by atoms with Gasteiger partial charge in [-0.3, -0.25) is 9.59 Å². The van der Waals surface area contributed by atoms with Crippen LogP contribution in [0.5, 0.6) is 0 Å². The normalized spacial score (nSPS) is 9.80. The van der Waals surface area contributed by atoms with Gasteiger partial charge >= 0.3 is 0 Å². The average molecular weight is 275 g/mol. The SMILES string of the molecule is CC(=O)Nc1nccc(C(=O)CBr)c1F. The van der Waals surface area contributed by atoms with E-state index in [1.165, 1.54) is 19.2 Å². The van der Waals surface area contributed by atoms with Gasteiger partial charge in [-0.1, -0.05) is 15.9 Å². The third-order valence-corrected chi connectivity index (χ3v) is 2.11. The molecule has 0 aromatic carbocycles. The Bertz CT molecular complexity index is 409. The van der Waals surface area contributed by atoms with E-state index in [1.807, 2.05) is 0 Å². The fourth-order valence-electron chi connectivity index (χ4n) is 0.985. The molecular weight excluding hydrogens is 267 g/mol. The molecule has 1 rings (SSSR count). The summed E-state index contributed by atoms with van der Waals surface area (Å²) in [6.45, 7) is 1.24. The lowest BCUT2D eigenvalue weighted by Gasteiger charge is -2.05. The first kappa shape index (κ1) is 11.8. The second-order valence-corrected chi connectivity index (χ2v) is 3.32. The Kier molecular flexibility index (Phi) is 3.90. The van der Waals surface area contributed by atoms with Crippen molar-refractivity contribution < 1.29 is 14.0 Å². The van der Waals surface area contributed by atoms with Crippen LogP contribution < -0.4 is 5.32 Å². The molecule has 0 radical (unpaired) electrons. The monoisotopic (exact) mass is 274 g/mol. The minimum atomic E-state index is -0.808. The molecule has 4 nitrogen and oxygen atoms in total. The number of anilines is 1. The molecule has 1 N–H and O–H groups in total. The molecule has 0 bridgehead atoms. The first-order valence-electron chi connectivity index (χ1n) is 4.07. The molecule has 80 valence electrons. The largest absolute Gasteiger partial charge is 0.308 e. The van der Waals surface area contributed by atoms with E-state index < -0.39 is 17.5 Å². The quantitative estimate of drug-likeness (QED) is 0.675. The zero-order valence-corrected chi connectivity index (χ0v) is 9.47. The molecule has 0 fully saturated rings. The highest BCUT2D eigenvalue weighted by Crippen LogP contribution is 2.16. The number of nitrogens with one attached hydrogen (secondary N) is 1. The molecule has 15 heavy (non-hydrogen) atoms. The van der Waals surface area contributed by atoms with Crippen LogP contribution in [0.3, 0.4) is 0 Å². The summed E-state index contributed by atoms with van der Waals surface area (Å²) in [5, 5.41) is 2.22. The fraction of sp³-hybridized carbons (Fsp3) is 0.222. The Hall–Kier alpha value is -1.30. The maximum Gasteiger partial charge on any atom is 0.222 e. The molecule has 0 aliphatic rings. The second kappa shape index (κ2) is 4.97. The molecule has 6 heteroatoms. The van der Waals surface area contributed by atoms with Crippen LogP contribution in [0.25, 0.3) is 0 Å². The van der Waals surface area contributed by atoms with Gasteiger partial charge in [-0.15, -0.1) is 0 Å². The molecule has 0 saturated heterocycles. The third-order valence-electron chi connectivity index (χ3n) is 1.61. The van der Waals surface area contributed by atoms with Crippen LogP contribution in [0.4, 0.5) is 10.2 Å². The van der Waals surface area contributed by atoms with Gasteiger partial charge in [0.1, 0.15) is 0 Å². The standard InChI is InChI=1S/C9H8BrFN2O2/c1-5(14)13-9-8(11)6(2-3-12-9)7(15)4-10/h2-3H,4H2,1H3,(H,12,13,14). The first-order chi connectivity index (χ1) is 7.06. The number of carbonyl (C=O) groups is 2. The lowest BCUT2D eigenvalue weighted by molar-refractivity contribution is -0.114. The number of hydrogen-bond donors (Lipinski definition) is 1. The van der Waals surface area contributed by atoms with Gasteiger partial charge in [0.2, 0.25) is 5.91 Å². The van der Waals surface area contributed by atoms with Crippen molar-refractivity contribution >= 4 is 33.4 Å². The van der Waals surface area contributed by atoms with E-state index in [-0.39, 0.29) is 16.7 Å². The Balaban J connectivity index is 3.11. The van der Waals surface area contributed by atoms with Crippen LogP contribution in [-0.4, -0.2) is 22.0 Å². The lowest BCUT2D eigenvalue weighted by Crippen LogP contribution is -2.12. The molecule has 1 amide bonds. The van der Waals surface area contributed by atoms with Gasteiger partial charge in [-0.2, -0.15) is 0 Å². The molecule has 0 spiro atoms. The van der Waals surface area contributed by atoms with Crippen LogP contribution >= 0.6 is 15.9 Å². The summed E-state index contributed by atoms with van der Waals surface area (Å²) < 4.78 is 13.6. The van der Waals surface area contributed by atoms with E-state index in [1.54, 1.807) is 0 Å². The number of ketones is 1. The van der Waals surface area contributed by atoms with Gasteiger partial charge in [-0.25, -0.2) is 9.37 Å². The van der Waals surface area contributed by atoms with Crippen molar-refractivity contribution in [1.29, 1.82) is 0 Å². The van der Waals surface area contributed by atoms with Gasteiger partial charge in [0.05, 0.1) is 10.9 Å². The molecule has 0 saturated carbocycles. The van der Waals surface area contributed by atoms with Crippen LogP contribution in [0.15, 0.2) is 12.3 Å². The molecule has 0 aliphatic heterocycles. The summed E-state index contributed by atoms with van der Waals surface area (Å²) in [5.41, 5.74) is -0.0920. The molecular formula is C9H8BrFN2O2. The van der Waals surface area contributed by atoms with Crippen molar-refractivity contribution in [3.63, 3.8) is 0 Å². The molecule has 1 heterocycles. The summed E-state index contributed by atoms with van der Waals surface area (Å²) in [5.74, 6) is -1.88. The third kappa shape index (κ3) is 2.82. The van der Waals surface area contributed by atoms with Crippen LogP contribution in [0.1, 0.15) is 17.3 Å². The first-order valence-corrected chi connectivity index (χ1v) is 5.19. The number of rotatable bonds is 3. The number of carbonyl (C=O) groups excluding carboxylic acids is 2. The molecule has 1 aromatic heterocycles. The van der Waals surface area contributed by atoms with Crippen molar-refractivity contribution in [1.82, 2.24) is 4.98 Å². The van der Waals surface area contributed by atoms with Gasteiger partial charge in [0.25, 0.3) is 0 Å². The number of aromatic nitrogens is 1. The summed E-state index contributed by atoms with van der Waals surface area (Å²) in [7, 11) is 0. The Morgan fingerprint density at radius 1 is 1.60 bits per heavy atom. The van der Waals surface area contributed by atoms with Crippen molar-refractivity contribution in [3.8, 4) is 0 Å². The Morgan fingerprint density at radius 2 is 2.27 bits per heavy atom. The zero-order valence-electron chi connectivity index (χ0n) is 7.88. The van der Waals surface area contributed by atoms with E-state index in [9.17, 15) is 14.0 Å². The zero-order chi connectivity index (χ0) is 11.4. The summed E-state index contributed by atoms with van der Waals surface area (Å²) in [6.07, 6.45) is 1.27. The topological polar surface area (TPSA) is 59.1 Å². The molecule has 0 atom stereocenters. The van der Waals surface area contributed by atoms with Gasteiger partial charge in [0, 0.05) is 13.1 Å². The number of alkyl halides is 1. The van der Waals surface area contributed by atoms with Gasteiger partial charge in [-0.05, 0) is 6.07 Å². The van der Waals surface area contributed by atoms with Crippen molar-refractivity contribution in [2.45, 2.75) is 6.92 Å². The van der Waals surface area contributed by atoms with Crippen LogP contribution in [0.2, 0.25) is 0 Å². The predicted octanol–water partition coefficient (Wildman–Crippen LogP) is 1.76.